The van der Waals surface area contributed by atoms with Gasteiger partial charge in [0.1, 0.15) is 11.3 Å². The fourth-order valence-electron chi connectivity index (χ4n) is 3.56. The summed E-state index contributed by atoms with van der Waals surface area (Å²) in [6, 6.07) is 8.61. The minimum Gasteiger partial charge on any atom is -0.376 e. The molecule has 0 radical (unpaired) electrons. The monoisotopic (exact) mass is 442 g/mol. The van der Waals surface area contributed by atoms with E-state index in [2.05, 4.69) is 39.7 Å². The summed E-state index contributed by atoms with van der Waals surface area (Å²) < 4.78 is 36.2. The first-order chi connectivity index (χ1) is 14.8. The fraction of sp³-hybridized carbons (Fsp3) is 0.391. The highest BCUT2D eigenvalue weighted by molar-refractivity contribution is 7.89. The van der Waals surface area contributed by atoms with Crippen molar-refractivity contribution >= 4 is 21.1 Å². The number of fused-ring (bicyclic) bond motifs is 1. The number of nitrogens with one attached hydrogen (secondary N) is 1. The molecule has 1 atom stereocenters. The van der Waals surface area contributed by atoms with Crippen LogP contribution in [-0.2, 0) is 21.3 Å². The number of hydrogen-bond donors (Lipinski definition) is 1. The lowest BCUT2D eigenvalue weighted by Crippen LogP contribution is -2.39. The SMILES string of the molecule is C=CCOCC(CC(C)C)NS(=O)(=O)c1ccc(Cn2c(C)nc3cnccc32)cc1. The van der Waals surface area contributed by atoms with E-state index in [-0.39, 0.29) is 10.9 Å². The van der Waals surface area contributed by atoms with Crippen molar-refractivity contribution in [3.63, 3.8) is 0 Å². The van der Waals surface area contributed by atoms with Crippen molar-refractivity contribution in [3.8, 4) is 0 Å². The Hall–Kier alpha value is -2.55. The van der Waals surface area contributed by atoms with Crippen LogP contribution in [0.5, 0.6) is 0 Å². The van der Waals surface area contributed by atoms with Crippen LogP contribution in [0.25, 0.3) is 11.0 Å². The molecule has 0 amide bonds. The van der Waals surface area contributed by atoms with Gasteiger partial charge in [0.15, 0.2) is 0 Å². The van der Waals surface area contributed by atoms with Crippen LogP contribution in [0.15, 0.2) is 60.3 Å². The van der Waals surface area contributed by atoms with Crippen molar-refractivity contribution in [3.05, 3.63) is 66.8 Å². The lowest BCUT2D eigenvalue weighted by Gasteiger charge is -2.20. The molecule has 0 aliphatic carbocycles. The highest BCUT2D eigenvalue weighted by atomic mass is 32.2. The summed E-state index contributed by atoms with van der Waals surface area (Å²) in [6.07, 6.45) is 5.83. The van der Waals surface area contributed by atoms with E-state index in [9.17, 15) is 8.42 Å². The molecule has 0 fully saturated rings. The Balaban J connectivity index is 1.74. The van der Waals surface area contributed by atoms with Gasteiger partial charge in [0.2, 0.25) is 10.0 Å². The molecule has 0 aliphatic heterocycles. The van der Waals surface area contributed by atoms with Gasteiger partial charge in [-0.15, -0.1) is 6.58 Å². The average Bonchev–Trinajstić information content (AvgIpc) is 3.03. The second-order valence-corrected chi connectivity index (χ2v) is 9.74. The normalized spacial score (nSPS) is 13.0. The Kier molecular flexibility index (Phi) is 7.59. The molecule has 3 aromatic rings. The number of imidazole rings is 1. The number of pyridine rings is 1. The maximum atomic E-state index is 12.9. The highest BCUT2D eigenvalue weighted by Crippen LogP contribution is 2.18. The van der Waals surface area contributed by atoms with Gasteiger partial charge in [0.05, 0.1) is 29.8 Å². The van der Waals surface area contributed by atoms with Crippen molar-refractivity contribution in [2.75, 3.05) is 13.2 Å². The second kappa shape index (κ2) is 10.2. The molecule has 2 heterocycles. The van der Waals surface area contributed by atoms with Crippen LogP contribution in [0.1, 0.15) is 31.7 Å². The highest BCUT2D eigenvalue weighted by Gasteiger charge is 2.21. The third-order valence-electron chi connectivity index (χ3n) is 4.95. The lowest BCUT2D eigenvalue weighted by molar-refractivity contribution is 0.135. The van der Waals surface area contributed by atoms with Gasteiger partial charge in [-0.05, 0) is 43.0 Å². The van der Waals surface area contributed by atoms with Crippen LogP contribution in [0.4, 0.5) is 0 Å². The van der Waals surface area contributed by atoms with E-state index in [4.69, 9.17) is 4.74 Å². The summed E-state index contributed by atoms with van der Waals surface area (Å²) in [7, 11) is -3.65. The summed E-state index contributed by atoms with van der Waals surface area (Å²) in [5.74, 6) is 1.23. The van der Waals surface area contributed by atoms with Crippen molar-refractivity contribution in [1.82, 2.24) is 19.3 Å². The van der Waals surface area contributed by atoms with Gasteiger partial charge >= 0.3 is 0 Å². The molecule has 0 bridgehead atoms. The molecule has 1 aromatic carbocycles. The molecule has 0 spiro atoms. The molecular weight excluding hydrogens is 412 g/mol. The minimum atomic E-state index is -3.65. The third-order valence-corrected chi connectivity index (χ3v) is 6.48. The van der Waals surface area contributed by atoms with Crippen LogP contribution in [-0.4, -0.2) is 42.2 Å². The minimum absolute atomic E-state index is 0.241. The first kappa shape index (κ1) is 23.1. The molecule has 2 aromatic heterocycles. The maximum Gasteiger partial charge on any atom is 0.240 e. The van der Waals surface area contributed by atoms with Gasteiger partial charge in [0, 0.05) is 18.8 Å². The van der Waals surface area contributed by atoms with E-state index in [1.807, 2.05) is 25.1 Å². The standard InChI is InChI=1S/C23H30N4O3S/c1-5-12-30-16-20(13-17(2)3)26-31(28,29)21-8-6-19(7-9-21)15-27-18(4)25-22-14-24-11-10-23(22)27/h5-11,14,17,20,26H,1,12-13,15-16H2,2-4H3. The summed E-state index contributed by atoms with van der Waals surface area (Å²) in [4.78, 5) is 8.88. The van der Waals surface area contributed by atoms with Gasteiger partial charge in [-0.3, -0.25) is 4.98 Å². The molecule has 3 rings (SSSR count). The Labute approximate surface area is 184 Å². The van der Waals surface area contributed by atoms with Crippen LogP contribution in [0.2, 0.25) is 0 Å². The molecule has 0 saturated carbocycles. The van der Waals surface area contributed by atoms with E-state index in [0.717, 1.165) is 22.4 Å². The molecule has 166 valence electrons. The molecule has 0 saturated heterocycles. The van der Waals surface area contributed by atoms with Gasteiger partial charge in [-0.2, -0.15) is 0 Å². The predicted molar refractivity (Wildman–Crippen MR) is 122 cm³/mol. The van der Waals surface area contributed by atoms with E-state index in [1.165, 1.54) is 0 Å². The molecule has 0 aliphatic rings. The summed E-state index contributed by atoms with van der Waals surface area (Å²) in [5, 5.41) is 0. The molecule has 7 nitrogen and oxygen atoms in total. The Bertz CT molecular complexity index is 1120. The number of aromatic nitrogens is 3. The van der Waals surface area contributed by atoms with Crippen LogP contribution >= 0.6 is 0 Å². The fourth-order valence-corrected chi connectivity index (χ4v) is 4.79. The average molecular weight is 443 g/mol. The van der Waals surface area contributed by atoms with Crippen LogP contribution < -0.4 is 4.72 Å². The van der Waals surface area contributed by atoms with Crippen molar-refractivity contribution < 1.29 is 13.2 Å². The Morgan fingerprint density at radius 3 is 2.65 bits per heavy atom. The Morgan fingerprint density at radius 1 is 1.23 bits per heavy atom. The molecular formula is C23H30N4O3S. The zero-order valence-electron chi connectivity index (χ0n) is 18.3. The molecule has 31 heavy (non-hydrogen) atoms. The number of rotatable bonds is 11. The van der Waals surface area contributed by atoms with Gasteiger partial charge in [-0.1, -0.05) is 32.1 Å². The first-order valence-electron chi connectivity index (χ1n) is 10.4. The quantitative estimate of drug-likeness (QED) is 0.362. The third kappa shape index (κ3) is 6.00. The molecule has 8 heteroatoms. The zero-order chi connectivity index (χ0) is 22.4. The van der Waals surface area contributed by atoms with E-state index in [1.54, 1.807) is 30.6 Å². The van der Waals surface area contributed by atoms with Crippen LogP contribution in [0.3, 0.4) is 0 Å². The number of benzene rings is 1. The number of sulfonamides is 1. The van der Waals surface area contributed by atoms with Crippen molar-refractivity contribution in [2.45, 2.75) is 44.7 Å². The Morgan fingerprint density at radius 2 is 1.97 bits per heavy atom. The summed E-state index contributed by atoms with van der Waals surface area (Å²) in [5.41, 5.74) is 2.84. The number of ether oxygens (including phenoxy) is 1. The van der Waals surface area contributed by atoms with Crippen LogP contribution in [0, 0.1) is 12.8 Å². The van der Waals surface area contributed by atoms with E-state index >= 15 is 0 Å². The van der Waals surface area contributed by atoms with E-state index in [0.29, 0.717) is 32.1 Å². The molecule has 1 unspecified atom stereocenters. The number of nitrogens with zero attached hydrogens (tertiary/aromatic N) is 3. The summed E-state index contributed by atoms with van der Waals surface area (Å²) in [6.45, 7) is 11.0. The maximum absolute atomic E-state index is 12.9. The molecule has 1 N–H and O–H groups in total. The number of aryl methyl sites for hydroxylation is 1. The topological polar surface area (TPSA) is 86.1 Å². The second-order valence-electron chi connectivity index (χ2n) is 8.03. The van der Waals surface area contributed by atoms with Gasteiger partial charge < -0.3 is 9.30 Å². The summed E-state index contributed by atoms with van der Waals surface area (Å²) >= 11 is 0. The smallest absolute Gasteiger partial charge is 0.240 e. The number of hydrogen-bond acceptors (Lipinski definition) is 5. The largest absolute Gasteiger partial charge is 0.376 e. The zero-order valence-corrected chi connectivity index (χ0v) is 19.1. The predicted octanol–water partition coefficient (Wildman–Crippen LogP) is 3.68. The lowest BCUT2D eigenvalue weighted by atomic mass is 10.1. The van der Waals surface area contributed by atoms with Crippen molar-refractivity contribution in [1.29, 1.82) is 0 Å². The van der Waals surface area contributed by atoms with Crippen molar-refractivity contribution in [2.24, 2.45) is 5.92 Å². The van der Waals surface area contributed by atoms with Gasteiger partial charge in [0.25, 0.3) is 0 Å². The van der Waals surface area contributed by atoms with Gasteiger partial charge in [-0.25, -0.2) is 18.1 Å². The van der Waals surface area contributed by atoms with E-state index < -0.39 is 10.0 Å². The first-order valence-corrected chi connectivity index (χ1v) is 11.8.